The molecule has 130 valence electrons. The zero-order chi connectivity index (χ0) is 17.0. The Morgan fingerprint density at radius 1 is 1.30 bits per heavy atom. The summed E-state index contributed by atoms with van der Waals surface area (Å²) in [7, 11) is -3.62. The SMILES string of the molecule is CC1CCN(S(=O)(=O)c2cc(CO)ccc2NC(C)CO)CC1. The van der Waals surface area contributed by atoms with Crippen molar-refractivity contribution in [1.82, 2.24) is 4.31 Å². The predicted octanol–water partition coefficient (Wildman–Crippen LogP) is 1.39. The standard InChI is InChI=1S/C16H26N2O4S/c1-12-5-7-18(8-6-12)23(21,22)16-9-14(11-20)3-4-15(16)17-13(2)10-19/h3-4,9,12-13,17,19-20H,5-8,10-11H2,1-2H3. The molecule has 1 saturated heterocycles. The lowest BCUT2D eigenvalue weighted by Crippen LogP contribution is -2.38. The number of piperidine rings is 1. The van der Waals surface area contributed by atoms with Crippen LogP contribution in [0, 0.1) is 5.92 Å². The van der Waals surface area contributed by atoms with E-state index in [9.17, 15) is 18.6 Å². The van der Waals surface area contributed by atoms with E-state index in [0.29, 0.717) is 30.3 Å². The average molecular weight is 342 g/mol. The molecule has 1 unspecified atom stereocenters. The molecule has 0 aliphatic carbocycles. The summed E-state index contributed by atoms with van der Waals surface area (Å²) in [5, 5.41) is 21.6. The van der Waals surface area contributed by atoms with E-state index in [1.807, 2.05) is 0 Å². The number of hydrogen-bond acceptors (Lipinski definition) is 5. The van der Waals surface area contributed by atoms with Crippen molar-refractivity contribution in [2.75, 3.05) is 25.0 Å². The minimum Gasteiger partial charge on any atom is -0.394 e. The number of hydrogen-bond donors (Lipinski definition) is 3. The molecule has 0 spiro atoms. The van der Waals surface area contributed by atoms with Crippen LogP contribution in [0.25, 0.3) is 0 Å². The molecule has 1 atom stereocenters. The molecule has 7 heteroatoms. The summed E-state index contributed by atoms with van der Waals surface area (Å²) in [6.45, 7) is 4.63. The number of nitrogens with one attached hydrogen (secondary N) is 1. The van der Waals surface area contributed by atoms with Crippen molar-refractivity contribution in [2.24, 2.45) is 5.92 Å². The minimum atomic E-state index is -3.62. The van der Waals surface area contributed by atoms with Gasteiger partial charge >= 0.3 is 0 Å². The zero-order valence-electron chi connectivity index (χ0n) is 13.7. The highest BCUT2D eigenvalue weighted by Crippen LogP contribution is 2.29. The van der Waals surface area contributed by atoms with Crippen LogP contribution in [0.1, 0.15) is 32.3 Å². The van der Waals surface area contributed by atoms with Gasteiger partial charge in [0.25, 0.3) is 0 Å². The molecule has 0 bridgehead atoms. The first-order valence-electron chi connectivity index (χ1n) is 7.99. The summed E-state index contributed by atoms with van der Waals surface area (Å²) in [5.41, 5.74) is 1.01. The van der Waals surface area contributed by atoms with E-state index in [0.717, 1.165) is 12.8 Å². The maximum Gasteiger partial charge on any atom is 0.245 e. The molecule has 1 heterocycles. The van der Waals surface area contributed by atoms with Crippen molar-refractivity contribution in [1.29, 1.82) is 0 Å². The van der Waals surface area contributed by atoms with Gasteiger partial charge in [0, 0.05) is 19.1 Å². The molecule has 1 aromatic carbocycles. The molecule has 0 saturated carbocycles. The van der Waals surface area contributed by atoms with Gasteiger partial charge in [-0.25, -0.2) is 8.42 Å². The van der Waals surface area contributed by atoms with E-state index in [-0.39, 0.29) is 24.2 Å². The minimum absolute atomic E-state index is 0.0948. The van der Waals surface area contributed by atoms with Gasteiger partial charge in [-0.3, -0.25) is 0 Å². The molecule has 2 rings (SSSR count). The number of anilines is 1. The summed E-state index contributed by atoms with van der Waals surface area (Å²) in [6, 6.07) is 4.59. The van der Waals surface area contributed by atoms with Gasteiger partial charge in [-0.15, -0.1) is 0 Å². The van der Waals surface area contributed by atoms with Gasteiger partial charge in [0.1, 0.15) is 4.90 Å². The lowest BCUT2D eigenvalue weighted by atomic mass is 10.0. The molecular weight excluding hydrogens is 316 g/mol. The Hall–Kier alpha value is -1.15. The highest BCUT2D eigenvalue weighted by Gasteiger charge is 2.30. The van der Waals surface area contributed by atoms with Crippen molar-refractivity contribution in [3.8, 4) is 0 Å². The molecule has 0 aromatic heterocycles. The van der Waals surface area contributed by atoms with E-state index in [1.54, 1.807) is 19.1 Å². The van der Waals surface area contributed by atoms with E-state index in [4.69, 9.17) is 0 Å². The Kier molecular flexibility index (Phi) is 6.02. The third kappa shape index (κ3) is 4.23. The summed E-state index contributed by atoms with van der Waals surface area (Å²) in [6.07, 6.45) is 1.71. The molecule has 0 amide bonds. The first-order valence-corrected chi connectivity index (χ1v) is 9.43. The number of rotatable bonds is 6. The normalized spacial score (nSPS) is 18.8. The maximum absolute atomic E-state index is 13.0. The van der Waals surface area contributed by atoms with Crippen LogP contribution in [0.4, 0.5) is 5.69 Å². The Balaban J connectivity index is 2.38. The first kappa shape index (κ1) is 18.2. The van der Waals surface area contributed by atoms with E-state index < -0.39 is 10.0 Å². The van der Waals surface area contributed by atoms with Crippen LogP contribution in [-0.2, 0) is 16.6 Å². The predicted molar refractivity (Wildman–Crippen MR) is 89.7 cm³/mol. The van der Waals surface area contributed by atoms with Crippen LogP contribution in [0.5, 0.6) is 0 Å². The molecule has 23 heavy (non-hydrogen) atoms. The number of sulfonamides is 1. The van der Waals surface area contributed by atoms with Crippen molar-refractivity contribution in [3.05, 3.63) is 23.8 Å². The smallest absolute Gasteiger partial charge is 0.245 e. The van der Waals surface area contributed by atoms with Crippen molar-refractivity contribution >= 4 is 15.7 Å². The third-order valence-corrected chi connectivity index (χ3v) is 6.20. The van der Waals surface area contributed by atoms with Crippen LogP contribution in [0.2, 0.25) is 0 Å². The Morgan fingerprint density at radius 2 is 1.96 bits per heavy atom. The van der Waals surface area contributed by atoms with Crippen molar-refractivity contribution < 1.29 is 18.6 Å². The van der Waals surface area contributed by atoms with E-state index in [1.165, 1.54) is 10.4 Å². The van der Waals surface area contributed by atoms with Crippen LogP contribution >= 0.6 is 0 Å². The van der Waals surface area contributed by atoms with Gasteiger partial charge in [-0.05, 0) is 43.4 Å². The van der Waals surface area contributed by atoms with Gasteiger partial charge in [0.2, 0.25) is 10.0 Å². The Morgan fingerprint density at radius 3 is 2.52 bits per heavy atom. The second-order valence-corrected chi connectivity index (χ2v) is 8.21. The lowest BCUT2D eigenvalue weighted by molar-refractivity contribution is 0.279. The second-order valence-electron chi connectivity index (χ2n) is 6.30. The maximum atomic E-state index is 13.0. The highest BCUT2D eigenvalue weighted by molar-refractivity contribution is 7.89. The van der Waals surface area contributed by atoms with Gasteiger partial charge in [0.05, 0.1) is 18.9 Å². The zero-order valence-corrected chi connectivity index (χ0v) is 14.5. The van der Waals surface area contributed by atoms with Crippen LogP contribution in [0.3, 0.4) is 0 Å². The fraction of sp³-hybridized carbons (Fsp3) is 0.625. The second kappa shape index (κ2) is 7.61. The van der Waals surface area contributed by atoms with Crippen molar-refractivity contribution in [3.63, 3.8) is 0 Å². The molecular formula is C16H26N2O4S. The summed E-state index contributed by atoms with van der Waals surface area (Å²) >= 11 is 0. The topological polar surface area (TPSA) is 89.9 Å². The van der Waals surface area contributed by atoms with Crippen molar-refractivity contribution in [2.45, 2.75) is 44.2 Å². The average Bonchev–Trinajstić information content (AvgIpc) is 2.55. The fourth-order valence-corrected chi connectivity index (χ4v) is 4.35. The van der Waals surface area contributed by atoms with E-state index >= 15 is 0 Å². The van der Waals surface area contributed by atoms with Crippen LogP contribution < -0.4 is 5.32 Å². The summed E-state index contributed by atoms with van der Waals surface area (Å²) in [5.74, 6) is 0.539. The molecule has 3 N–H and O–H groups in total. The van der Waals surface area contributed by atoms with Crippen LogP contribution in [0.15, 0.2) is 23.1 Å². The van der Waals surface area contributed by atoms with Gasteiger partial charge in [0.15, 0.2) is 0 Å². The monoisotopic (exact) mass is 342 g/mol. The molecule has 1 aliphatic rings. The third-order valence-electron chi connectivity index (χ3n) is 4.26. The molecule has 1 aliphatic heterocycles. The lowest BCUT2D eigenvalue weighted by Gasteiger charge is -2.30. The summed E-state index contributed by atoms with van der Waals surface area (Å²) < 4.78 is 27.5. The van der Waals surface area contributed by atoms with Crippen LogP contribution in [-0.4, -0.2) is 48.7 Å². The number of benzene rings is 1. The van der Waals surface area contributed by atoms with E-state index in [2.05, 4.69) is 12.2 Å². The van der Waals surface area contributed by atoms with Gasteiger partial charge in [-0.1, -0.05) is 13.0 Å². The highest BCUT2D eigenvalue weighted by atomic mass is 32.2. The molecule has 1 aromatic rings. The fourth-order valence-electron chi connectivity index (χ4n) is 2.67. The van der Waals surface area contributed by atoms with Gasteiger partial charge in [-0.2, -0.15) is 4.31 Å². The largest absolute Gasteiger partial charge is 0.394 e. The van der Waals surface area contributed by atoms with Gasteiger partial charge < -0.3 is 15.5 Å². The Bertz CT molecular complexity index is 625. The Labute approximate surface area is 138 Å². The number of aliphatic hydroxyl groups is 2. The summed E-state index contributed by atoms with van der Waals surface area (Å²) in [4.78, 5) is 0.166. The quantitative estimate of drug-likeness (QED) is 0.727. The molecule has 1 fully saturated rings. The first-order chi connectivity index (χ1) is 10.9. The number of nitrogens with zero attached hydrogens (tertiary/aromatic N) is 1. The molecule has 0 radical (unpaired) electrons. The molecule has 6 nitrogen and oxygen atoms in total. The number of aliphatic hydroxyl groups excluding tert-OH is 2.